The second-order valence-corrected chi connectivity index (χ2v) is 7.97. The first-order valence-corrected chi connectivity index (χ1v) is 9.88. The molecule has 2 heterocycles. The summed E-state index contributed by atoms with van der Waals surface area (Å²) >= 11 is 0. The fourth-order valence-corrected chi connectivity index (χ4v) is 2.91. The summed E-state index contributed by atoms with van der Waals surface area (Å²) in [6, 6.07) is 7.68. The van der Waals surface area contributed by atoms with Gasteiger partial charge in [0.2, 0.25) is 0 Å². The predicted molar refractivity (Wildman–Crippen MR) is 111 cm³/mol. The molecular weight excluding hydrogens is 388 g/mol. The van der Waals surface area contributed by atoms with Gasteiger partial charge in [0.15, 0.2) is 6.10 Å². The van der Waals surface area contributed by atoms with E-state index in [9.17, 15) is 4.79 Å². The SMILES string of the molecule is CC(C)(C)OC(=O)NCC1=NOC(COc2ccccc2-c2cnn(CCO)c2)C1. The molecule has 2 N–H and O–H groups in total. The lowest BCUT2D eigenvalue weighted by molar-refractivity contribution is 0.0472. The molecule has 1 atom stereocenters. The molecule has 0 spiro atoms. The van der Waals surface area contributed by atoms with Crippen LogP contribution < -0.4 is 10.1 Å². The van der Waals surface area contributed by atoms with Crippen LogP contribution in [-0.2, 0) is 16.1 Å². The highest BCUT2D eigenvalue weighted by Crippen LogP contribution is 2.30. The molecule has 2 aromatic rings. The van der Waals surface area contributed by atoms with Crippen molar-refractivity contribution in [2.24, 2.45) is 5.16 Å². The Morgan fingerprint density at radius 2 is 2.17 bits per heavy atom. The monoisotopic (exact) mass is 416 g/mol. The molecule has 1 amide bonds. The van der Waals surface area contributed by atoms with Crippen molar-refractivity contribution in [3.63, 3.8) is 0 Å². The van der Waals surface area contributed by atoms with Gasteiger partial charge in [-0.2, -0.15) is 5.10 Å². The van der Waals surface area contributed by atoms with E-state index in [2.05, 4.69) is 15.6 Å². The number of ether oxygens (including phenoxy) is 2. The maximum Gasteiger partial charge on any atom is 0.407 e. The first-order chi connectivity index (χ1) is 14.3. The maximum absolute atomic E-state index is 11.7. The zero-order chi connectivity index (χ0) is 21.6. The Hall–Kier alpha value is -3.07. The fraction of sp³-hybridized carbons (Fsp3) is 0.476. The smallest absolute Gasteiger partial charge is 0.407 e. The van der Waals surface area contributed by atoms with Crippen molar-refractivity contribution in [1.82, 2.24) is 15.1 Å². The van der Waals surface area contributed by atoms with Crippen LogP contribution in [0.5, 0.6) is 5.75 Å². The van der Waals surface area contributed by atoms with Crippen LogP contribution in [0.3, 0.4) is 0 Å². The molecule has 30 heavy (non-hydrogen) atoms. The van der Waals surface area contributed by atoms with Gasteiger partial charge >= 0.3 is 6.09 Å². The van der Waals surface area contributed by atoms with Crippen molar-refractivity contribution in [1.29, 1.82) is 0 Å². The molecule has 0 radical (unpaired) electrons. The first kappa shape index (κ1) is 21.6. The van der Waals surface area contributed by atoms with E-state index in [1.807, 2.05) is 51.2 Å². The Morgan fingerprint density at radius 3 is 2.93 bits per heavy atom. The lowest BCUT2D eigenvalue weighted by atomic mass is 10.1. The minimum absolute atomic E-state index is 0.0312. The highest BCUT2D eigenvalue weighted by Gasteiger charge is 2.23. The molecular formula is C21H28N4O5. The van der Waals surface area contributed by atoms with Crippen LogP contribution in [0.15, 0.2) is 41.8 Å². The number of amides is 1. The molecule has 0 aliphatic carbocycles. The number of aromatic nitrogens is 2. The Balaban J connectivity index is 1.50. The second-order valence-electron chi connectivity index (χ2n) is 7.97. The molecule has 3 rings (SSSR count). The summed E-state index contributed by atoms with van der Waals surface area (Å²) in [5, 5.41) is 20.0. The molecule has 1 aromatic heterocycles. The van der Waals surface area contributed by atoms with Crippen LogP contribution in [-0.4, -0.2) is 58.2 Å². The van der Waals surface area contributed by atoms with E-state index < -0.39 is 11.7 Å². The summed E-state index contributed by atoms with van der Waals surface area (Å²) in [4.78, 5) is 17.2. The molecule has 1 unspecified atom stereocenters. The van der Waals surface area contributed by atoms with E-state index in [4.69, 9.17) is 19.4 Å². The lowest BCUT2D eigenvalue weighted by Gasteiger charge is -2.19. The maximum atomic E-state index is 11.7. The van der Waals surface area contributed by atoms with Gasteiger partial charge < -0.3 is 24.7 Å². The highest BCUT2D eigenvalue weighted by atomic mass is 16.7. The third kappa shape index (κ3) is 6.21. The Morgan fingerprint density at radius 1 is 1.37 bits per heavy atom. The molecule has 162 valence electrons. The van der Waals surface area contributed by atoms with Gasteiger partial charge in [-0.1, -0.05) is 23.4 Å². The van der Waals surface area contributed by atoms with Crippen molar-refractivity contribution in [3.05, 3.63) is 36.7 Å². The van der Waals surface area contributed by atoms with E-state index in [-0.39, 0.29) is 19.3 Å². The third-order valence-corrected chi connectivity index (χ3v) is 4.21. The van der Waals surface area contributed by atoms with E-state index in [0.29, 0.717) is 25.3 Å². The number of carbonyl (C=O) groups is 1. The molecule has 9 nitrogen and oxygen atoms in total. The van der Waals surface area contributed by atoms with Crippen molar-refractivity contribution in [2.45, 2.75) is 45.4 Å². The van der Waals surface area contributed by atoms with Gasteiger partial charge in [-0.25, -0.2) is 4.79 Å². The van der Waals surface area contributed by atoms with Crippen molar-refractivity contribution in [3.8, 4) is 16.9 Å². The topological polar surface area (TPSA) is 107 Å². The second kappa shape index (κ2) is 9.62. The number of nitrogens with zero attached hydrogens (tertiary/aromatic N) is 3. The highest BCUT2D eigenvalue weighted by molar-refractivity contribution is 5.89. The summed E-state index contributed by atoms with van der Waals surface area (Å²) in [5.41, 5.74) is 2.00. The zero-order valence-corrected chi connectivity index (χ0v) is 17.5. The van der Waals surface area contributed by atoms with Gasteiger partial charge in [-0.15, -0.1) is 0 Å². The number of aliphatic hydroxyl groups excluding tert-OH is 1. The van der Waals surface area contributed by atoms with Gasteiger partial charge in [0.05, 0.1) is 31.6 Å². The van der Waals surface area contributed by atoms with Crippen LogP contribution >= 0.6 is 0 Å². The normalized spacial score (nSPS) is 16.0. The standard InChI is InChI=1S/C21H28N4O5/c1-21(2,3)29-20(27)22-12-16-10-17(30-24-16)14-28-19-7-5-4-6-18(19)15-11-23-25(13-15)8-9-26/h4-7,11,13,17,26H,8-10,12,14H2,1-3H3,(H,22,27). The van der Waals surface area contributed by atoms with Crippen LogP contribution in [0.25, 0.3) is 11.1 Å². The van der Waals surface area contributed by atoms with Gasteiger partial charge in [0.25, 0.3) is 0 Å². The molecule has 1 aliphatic heterocycles. The van der Waals surface area contributed by atoms with Gasteiger partial charge in [0, 0.05) is 23.7 Å². The summed E-state index contributed by atoms with van der Waals surface area (Å²) in [6.07, 6.45) is 3.46. The lowest BCUT2D eigenvalue weighted by Crippen LogP contribution is -2.35. The molecule has 1 aliphatic rings. The molecule has 0 fully saturated rings. The summed E-state index contributed by atoms with van der Waals surface area (Å²) in [7, 11) is 0. The Labute approximate surface area is 175 Å². The predicted octanol–water partition coefficient (Wildman–Crippen LogP) is 2.59. The van der Waals surface area contributed by atoms with E-state index >= 15 is 0 Å². The number of alkyl carbamates (subject to hydrolysis) is 1. The summed E-state index contributed by atoms with van der Waals surface area (Å²) in [5.74, 6) is 0.713. The average Bonchev–Trinajstić information content (AvgIpc) is 3.33. The molecule has 0 saturated heterocycles. The molecule has 9 heteroatoms. The van der Waals surface area contributed by atoms with Gasteiger partial charge in [-0.05, 0) is 26.8 Å². The number of nitrogens with one attached hydrogen (secondary N) is 1. The Kier molecular flexibility index (Phi) is 6.94. The van der Waals surface area contributed by atoms with E-state index in [1.165, 1.54) is 0 Å². The number of aliphatic hydroxyl groups is 1. The van der Waals surface area contributed by atoms with E-state index in [1.54, 1.807) is 10.9 Å². The van der Waals surface area contributed by atoms with Crippen LogP contribution in [0.2, 0.25) is 0 Å². The van der Waals surface area contributed by atoms with Crippen LogP contribution in [0, 0.1) is 0 Å². The number of oxime groups is 1. The largest absolute Gasteiger partial charge is 0.489 e. The quantitative estimate of drug-likeness (QED) is 0.685. The van der Waals surface area contributed by atoms with Crippen molar-refractivity contribution >= 4 is 11.8 Å². The Bertz CT molecular complexity index is 888. The average molecular weight is 416 g/mol. The number of para-hydroxylation sites is 1. The molecule has 0 bridgehead atoms. The summed E-state index contributed by atoms with van der Waals surface area (Å²) < 4.78 is 12.9. The number of hydrogen-bond donors (Lipinski definition) is 2. The van der Waals surface area contributed by atoms with Crippen molar-refractivity contribution in [2.75, 3.05) is 19.8 Å². The van der Waals surface area contributed by atoms with Crippen molar-refractivity contribution < 1.29 is 24.2 Å². The van der Waals surface area contributed by atoms with Gasteiger partial charge in [0.1, 0.15) is 18.0 Å². The summed E-state index contributed by atoms with van der Waals surface area (Å²) in [6.45, 7) is 6.50. The number of hydrogen-bond acceptors (Lipinski definition) is 7. The van der Waals surface area contributed by atoms with Gasteiger partial charge in [-0.3, -0.25) is 4.68 Å². The number of rotatable bonds is 8. The number of carbonyl (C=O) groups excluding carboxylic acids is 1. The zero-order valence-electron chi connectivity index (χ0n) is 17.5. The van der Waals surface area contributed by atoms with Crippen LogP contribution in [0.4, 0.5) is 4.79 Å². The third-order valence-electron chi connectivity index (χ3n) is 4.21. The van der Waals surface area contributed by atoms with E-state index in [0.717, 1.165) is 16.8 Å². The minimum atomic E-state index is -0.545. The number of benzene rings is 1. The molecule has 1 aromatic carbocycles. The fourth-order valence-electron chi connectivity index (χ4n) is 2.91. The van der Waals surface area contributed by atoms with Crippen LogP contribution in [0.1, 0.15) is 27.2 Å². The first-order valence-electron chi connectivity index (χ1n) is 9.88. The minimum Gasteiger partial charge on any atom is -0.489 e. The molecule has 0 saturated carbocycles.